The molecule has 0 atom stereocenters. The second-order valence-electron chi connectivity index (χ2n) is 4.67. The molecule has 116 valence electrons. The van der Waals surface area contributed by atoms with Crippen LogP contribution in [0.2, 0.25) is 0 Å². The average molecular weight is 314 g/mol. The standard InChI is InChI=1S/C15H11N3O5/c1-22-13-7-5-11(6-8-13)17-14(15(19)23-16-17)10-3-2-4-12(9-10)18(20)21/h2-9H,1H3/p+1. The van der Waals surface area contributed by atoms with Gasteiger partial charge in [-0.15, -0.1) is 0 Å². The number of nitro groups is 1. The lowest BCUT2D eigenvalue weighted by atomic mass is 10.1. The van der Waals surface area contributed by atoms with Gasteiger partial charge >= 0.3 is 11.3 Å². The van der Waals surface area contributed by atoms with Crippen LogP contribution >= 0.6 is 0 Å². The second-order valence-corrected chi connectivity index (χ2v) is 4.67. The SMILES string of the molecule is COc1ccc(-[n+]2[nH]oc(=O)c2-c2cccc([N+](=O)[O-])c2)cc1. The summed E-state index contributed by atoms with van der Waals surface area (Å²) in [6.45, 7) is 0. The minimum atomic E-state index is -0.624. The minimum Gasteiger partial charge on any atom is -0.497 e. The van der Waals surface area contributed by atoms with Crippen molar-refractivity contribution in [1.29, 1.82) is 0 Å². The van der Waals surface area contributed by atoms with Gasteiger partial charge in [0.05, 0.1) is 17.6 Å². The topological polar surface area (TPSA) is 102 Å². The van der Waals surface area contributed by atoms with Gasteiger partial charge in [-0.1, -0.05) is 6.07 Å². The van der Waals surface area contributed by atoms with Crippen molar-refractivity contribution in [2.45, 2.75) is 0 Å². The molecule has 3 rings (SSSR count). The zero-order chi connectivity index (χ0) is 16.4. The molecule has 0 aliphatic carbocycles. The highest BCUT2D eigenvalue weighted by Crippen LogP contribution is 2.20. The molecule has 2 aromatic carbocycles. The summed E-state index contributed by atoms with van der Waals surface area (Å²) in [4.78, 5) is 22.4. The van der Waals surface area contributed by atoms with Crippen molar-refractivity contribution in [3.05, 3.63) is 69.1 Å². The normalized spacial score (nSPS) is 10.5. The van der Waals surface area contributed by atoms with Gasteiger partial charge in [0.1, 0.15) is 5.75 Å². The molecule has 0 radical (unpaired) electrons. The Morgan fingerprint density at radius 2 is 1.96 bits per heavy atom. The summed E-state index contributed by atoms with van der Waals surface area (Å²) in [7, 11) is 1.55. The van der Waals surface area contributed by atoms with E-state index in [4.69, 9.17) is 9.26 Å². The minimum absolute atomic E-state index is 0.107. The van der Waals surface area contributed by atoms with Crippen LogP contribution < -0.4 is 15.0 Å². The Kier molecular flexibility index (Phi) is 3.63. The highest BCUT2D eigenvalue weighted by atomic mass is 16.6. The molecule has 0 saturated heterocycles. The number of H-pyrrole nitrogens is 1. The summed E-state index contributed by atoms with van der Waals surface area (Å²) in [5.74, 6) is 0.664. The summed E-state index contributed by atoms with van der Waals surface area (Å²) in [6.07, 6.45) is 0. The van der Waals surface area contributed by atoms with Crippen molar-refractivity contribution in [2.75, 3.05) is 7.11 Å². The molecule has 0 amide bonds. The van der Waals surface area contributed by atoms with Crippen LogP contribution in [0, 0.1) is 10.1 Å². The fourth-order valence-corrected chi connectivity index (χ4v) is 2.20. The maximum absolute atomic E-state index is 12.0. The van der Waals surface area contributed by atoms with Crippen molar-refractivity contribution in [3.8, 4) is 22.7 Å². The Balaban J connectivity index is 2.13. The number of nitrogens with one attached hydrogen (secondary N) is 1. The molecule has 0 unspecified atom stereocenters. The van der Waals surface area contributed by atoms with E-state index >= 15 is 0 Å². The summed E-state index contributed by atoms with van der Waals surface area (Å²) >= 11 is 0. The number of hydrogen-bond donors (Lipinski definition) is 1. The van der Waals surface area contributed by atoms with Crippen molar-refractivity contribution in [1.82, 2.24) is 5.27 Å². The molecule has 0 aliphatic heterocycles. The van der Waals surface area contributed by atoms with Crippen molar-refractivity contribution >= 4 is 5.69 Å². The van der Waals surface area contributed by atoms with Crippen LogP contribution in [0.4, 0.5) is 5.69 Å². The number of ether oxygens (including phenoxy) is 1. The zero-order valence-corrected chi connectivity index (χ0v) is 12.1. The average Bonchev–Trinajstić information content (AvgIpc) is 2.96. The molecular weight excluding hydrogens is 302 g/mol. The van der Waals surface area contributed by atoms with E-state index in [2.05, 4.69) is 5.27 Å². The maximum Gasteiger partial charge on any atom is 0.435 e. The third kappa shape index (κ3) is 2.69. The quantitative estimate of drug-likeness (QED) is 0.449. The van der Waals surface area contributed by atoms with Crippen LogP contribution in [0.15, 0.2) is 57.8 Å². The molecule has 1 heterocycles. The molecule has 8 nitrogen and oxygen atoms in total. The number of hydrogen-bond acceptors (Lipinski definition) is 5. The first-order valence-electron chi connectivity index (χ1n) is 6.63. The van der Waals surface area contributed by atoms with Gasteiger partial charge in [0, 0.05) is 24.3 Å². The number of non-ortho nitro benzene ring substituents is 1. The second kappa shape index (κ2) is 5.76. The first-order chi connectivity index (χ1) is 11.1. The number of nitrogens with zero attached hydrogens (tertiary/aromatic N) is 2. The summed E-state index contributed by atoms with van der Waals surface area (Å²) < 4.78 is 11.3. The predicted octanol–water partition coefficient (Wildman–Crippen LogP) is 1.83. The largest absolute Gasteiger partial charge is 0.497 e. The molecular formula is C15H12N3O5+. The molecule has 1 N–H and O–H groups in total. The summed E-state index contributed by atoms with van der Waals surface area (Å²) in [6, 6.07) is 12.7. The lowest BCUT2D eigenvalue weighted by Gasteiger charge is -1.98. The number of aromatic amines is 1. The van der Waals surface area contributed by atoms with E-state index < -0.39 is 10.5 Å². The Morgan fingerprint density at radius 1 is 1.22 bits per heavy atom. The number of nitro benzene ring substituents is 1. The van der Waals surface area contributed by atoms with Gasteiger partial charge < -0.3 is 4.74 Å². The smallest absolute Gasteiger partial charge is 0.435 e. The van der Waals surface area contributed by atoms with Crippen molar-refractivity contribution in [2.24, 2.45) is 0 Å². The number of methoxy groups -OCH3 is 1. The highest BCUT2D eigenvalue weighted by molar-refractivity contribution is 5.59. The summed E-state index contributed by atoms with van der Waals surface area (Å²) in [5.41, 5.74) is 0.438. The van der Waals surface area contributed by atoms with Crippen LogP contribution in [-0.2, 0) is 0 Å². The molecule has 0 saturated carbocycles. The van der Waals surface area contributed by atoms with Crippen LogP contribution in [-0.4, -0.2) is 17.3 Å². The Bertz CT molecular complexity index is 911. The van der Waals surface area contributed by atoms with Crippen molar-refractivity contribution < 1.29 is 18.9 Å². The maximum atomic E-state index is 12.0. The zero-order valence-electron chi connectivity index (χ0n) is 12.1. The van der Waals surface area contributed by atoms with Gasteiger partial charge in [0.15, 0.2) is 0 Å². The Morgan fingerprint density at radius 3 is 2.61 bits per heavy atom. The fourth-order valence-electron chi connectivity index (χ4n) is 2.20. The molecule has 3 aromatic rings. The van der Waals surface area contributed by atoms with E-state index in [1.807, 2.05) is 0 Å². The van der Waals surface area contributed by atoms with E-state index in [9.17, 15) is 14.9 Å². The molecule has 0 fully saturated rings. The Hall–Kier alpha value is -3.42. The Labute approximate surface area is 129 Å². The van der Waals surface area contributed by atoms with E-state index in [1.165, 1.54) is 22.9 Å². The van der Waals surface area contributed by atoms with Crippen LogP contribution in [0.25, 0.3) is 16.9 Å². The number of aromatic nitrogens is 2. The van der Waals surface area contributed by atoms with Gasteiger partial charge in [-0.3, -0.25) is 14.6 Å². The molecule has 0 bridgehead atoms. The highest BCUT2D eigenvalue weighted by Gasteiger charge is 2.26. The number of rotatable bonds is 4. The fraction of sp³-hybridized carbons (Fsp3) is 0.0667. The van der Waals surface area contributed by atoms with Gasteiger partial charge in [-0.05, 0) is 28.2 Å². The first-order valence-corrected chi connectivity index (χ1v) is 6.63. The third-order valence-electron chi connectivity index (χ3n) is 3.31. The first kappa shape index (κ1) is 14.5. The third-order valence-corrected chi connectivity index (χ3v) is 3.31. The summed E-state index contributed by atoms with van der Waals surface area (Å²) in [5, 5.41) is 13.4. The van der Waals surface area contributed by atoms with E-state index in [-0.39, 0.29) is 11.4 Å². The van der Waals surface area contributed by atoms with Crippen LogP contribution in [0.5, 0.6) is 5.75 Å². The lowest BCUT2D eigenvalue weighted by Crippen LogP contribution is -2.36. The van der Waals surface area contributed by atoms with Crippen LogP contribution in [0.3, 0.4) is 0 Å². The molecule has 23 heavy (non-hydrogen) atoms. The van der Waals surface area contributed by atoms with Gasteiger partial charge in [0.25, 0.3) is 5.69 Å². The van der Waals surface area contributed by atoms with E-state index in [1.54, 1.807) is 37.4 Å². The monoisotopic (exact) mass is 314 g/mol. The lowest BCUT2D eigenvalue weighted by molar-refractivity contribution is -0.660. The van der Waals surface area contributed by atoms with E-state index in [0.717, 1.165) is 0 Å². The molecule has 1 aromatic heterocycles. The van der Waals surface area contributed by atoms with E-state index in [0.29, 0.717) is 17.0 Å². The molecule has 8 heteroatoms. The molecule has 0 spiro atoms. The molecule has 0 aliphatic rings. The van der Waals surface area contributed by atoms with Gasteiger partial charge in [-0.2, -0.15) is 0 Å². The van der Waals surface area contributed by atoms with Crippen LogP contribution in [0.1, 0.15) is 0 Å². The number of benzene rings is 2. The van der Waals surface area contributed by atoms with Gasteiger partial charge in [-0.25, -0.2) is 4.79 Å². The predicted molar refractivity (Wildman–Crippen MR) is 79.5 cm³/mol. The van der Waals surface area contributed by atoms with Gasteiger partial charge in [0.2, 0.25) is 5.69 Å². The van der Waals surface area contributed by atoms with Crippen molar-refractivity contribution in [3.63, 3.8) is 0 Å².